The molecule has 0 spiro atoms. The molecule has 0 saturated carbocycles. The fourth-order valence-corrected chi connectivity index (χ4v) is 1.06. The van der Waals surface area contributed by atoms with Crippen LogP contribution < -0.4 is 0 Å². The molecule has 16 heavy (non-hydrogen) atoms. The summed E-state index contributed by atoms with van der Waals surface area (Å²) in [5, 5.41) is 26.4. The van der Waals surface area contributed by atoms with E-state index in [9.17, 15) is 0 Å². The van der Waals surface area contributed by atoms with Crippen LogP contribution in [0.25, 0.3) is 4.85 Å². The number of nitrogens with zero attached hydrogens (tertiary/aromatic N) is 2. The van der Waals surface area contributed by atoms with Gasteiger partial charge in [0.2, 0.25) is 6.54 Å². The second kappa shape index (κ2) is 10.3. The molecular weight excluding hydrogens is 212 g/mol. The number of aliphatic hydroxyl groups excluding tert-OH is 2. The summed E-state index contributed by atoms with van der Waals surface area (Å²) in [7, 11) is 0. The molecule has 2 atom stereocenters. The molecule has 0 amide bonds. The second-order valence-electron chi connectivity index (χ2n) is 2.97. The number of aliphatic hydroxyl groups is 2. The first-order valence-corrected chi connectivity index (χ1v) is 4.95. The zero-order valence-corrected chi connectivity index (χ0v) is 9.00. The Balaban J connectivity index is 3.96. The van der Waals surface area contributed by atoms with Crippen molar-refractivity contribution in [2.45, 2.75) is 18.6 Å². The highest BCUT2D eigenvalue weighted by molar-refractivity contribution is 4.73. The lowest BCUT2D eigenvalue weighted by molar-refractivity contribution is -0.105. The molecule has 6 nitrogen and oxygen atoms in total. The molecule has 6 heteroatoms. The molecule has 0 saturated heterocycles. The Morgan fingerprint density at radius 1 is 1.19 bits per heavy atom. The van der Waals surface area contributed by atoms with Crippen molar-refractivity contribution < 1.29 is 19.7 Å². The van der Waals surface area contributed by atoms with E-state index in [1.54, 1.807) is 0 Å². The van der Waals surface area contributed by atoms with E-state index in [4.69, 9.17) is 31.5 Å². The van der Waals surface area contributed by atoms with Gasteiger partial charge in [-0.15, -0.1) is 0 Å². The Kier molecular flexibility index (Phi) is 9.58. The molecular formula is C10H16N2O4. The summed E-state index contributed by atoms with van der Waals surface area (Å²) in [6.45, 7) is 6.54. The normalized spacial score (nSPS) is 13.8. The van der Waals surface area contributed by atoms with E-state index < -0.39 is 12.2 Å². The van der Waals surface area contributed by atoms with Gasteiger partial charge in [0.15, 0.2) is 0 Å². The van der Waals surface area contributed by atoms with Crippen molar-refractivity contribution in [1.29, 1.82) is 5.26 Å². The monoisotopic (exact) mass is 228 g/mol. The van der Waals surface area contributed by atoms with Crippen LogP contribution in [-0.2, 0) is 9.47 Å². The van der Waals surface area contributed by atoms with Gasteiger partial charge in [-0.3, -0.25) is 0 Å². The summed E-state index contributed by atoms with van der Waals surface area (Å²) < 4.78 is 10.4. The van der Waals surface area contributed by atoms with Gasteiger partial charge in [-0.25, -0.2) is 6.57 Å². The molecule has 2 N–H and O–H groups in total. The van der Waals surface area contributed by atoms with Gasteiger partial charge in [-0.2, -0.15) is 5.26 Å². The Morgan fingerprint density at radius 3 is 2.19 bits per heavy atom. The predicted molar refractivity (Wildman–Crippen MR) is 55.4 cm³/mol. The van der Waals surface area contributed by atoms with Crippen LogP contribution in [0.2, 0.25) is 0 Å². The van der Waals surface area contributed by atoms with Crippen molar-refractivity contribution in [2.24, 2.45) is 0 Å². The lowest BCUT2D eigenvalue weighted by atomic mass is 10.2. The minimum atomic E-state index is -0.663. The minimum Gasteiger partial charge on any atom is -0.394 e. The zero-order chi connectivity index (χ0) is 12.2. The van der Waals surface area contributed by atoms with Crippen molar-refractivity contribution in [1.82, 2.24) is 0 Å². The third-order valence-corrected chi connectivity index (χ3v) is 1.86. The molecule has 0 bridgehead atoms. The summed E-state index contributed by atoms with van der Waals surface area (Å²) in [4.78, 5) is 3.10. The third kappa shape index (κ3) is 6.33. The van der Waals surface area contributed by atoms with Gasteiger partial charge in [0, 0.05) is 0 Å². The maximum Gasteiger partial charge on any atom is 0.237 e. The average Bonchev–Trinajstić information content (AvgIpc) is 2.31. The van der Waals surface area contributed by atoms with Crippen LogP contribution in [0.4, 0.5) is 0 Å². The van der Waals surface area contributed by atoms with Crippen molar-refractivity contribution >= 4 is 0 Å². The van der Waals surface area contributed by atoms with Gasteiger partial charge in [-0.1, -0.05) is 0 Å². The maximum absolute atomic E-state index is 9.02. The van der Waals surface area contributed by atoms with Gasteiger partial charge in [-0.05, 0) is 0 Å². The first-order valence-electron chi connectivity index (χ1n) is 4.95. The van der Waals surface area contributed by atoms with Crippen LogP contribution in [0, 0.1) is 17.9 Å². The van der Waals surface area contributed by atoms with Crippen LogP contribution in [0.3, 0.4) is 0 Å². The van der Waals surface area contributed by atoms with E-state index >= 15 is 0 Å². The molecule has 0 aliphatic carbocycles. The largest absolute Gasteiger partial charge is 0.394 e. The van der Waals surface area contributed by atoms with Gasteiger partial charge in [0.05, 0.1) is 32.3 Å². The minimum absolute atomic E-state index is 0.185. The Bertz CT molecular complexity index is 220. The number of nitriles is 1. The molecule has 0 aliphatic heterocycles. The van der Waals surface area contributed by atoms with Crippen LogP contribution in [0.5, 0.6) is 0 Å². The van der Waals surface area contributed by atoms with E-state index in [0.29, 0.717) is 0 Å². The average molecular weight is 228 g/mol. The molecule has 0 aromatic heterocycles. The van der Waals surface area contributed by atoms with Crippen molar-refractivity contribution in [3.63, 3.8) is 0 Å². The predicted octanol–water partition coefficient (Wildman–Crippen LogP) is -0.426. The maximum atomic E-state index is 9.02. The molecule has 90 valence electrons. The molecule has 0 rings (SSSR count). The van der Waals surface area contributed by atoms with E-state index in [0.717, 1.165) is 0 Å². The number of rotatable bonds is 9. The van der Waals surface area contributed by atoms with Crippen molar-refractivity contribution in [2.75, 3.05) is 33.0 Å². The fourth-order valence-electron chi connectivity index (χ4n) is 1.06. The van der Waals surface area contributed by atoms with Crippen molar-refractivity contribution in [3.8, 4) is 6.07 Å². The topological polar surface area (TPSA) is 87.1 Å². The second-order valence-corrected chi connectivity index (χ2v) is 2.97. The molecule has 0 aromatic rings. The Morgan fingerprint density at radius 2 is 1.75 bits per heavy atom. The van der Waals surface area contributed by atoms with Crippen molar-refractivity contribution in [3.05, 3.63) is 11.4 Å². The molecule has 0 aliphatic rings. The van der Waals surface area contributed by atoms with Crippen LogP contribution in [0.15, 0.2) is 0 Å². The van der Waals surface area contributed by atoms with E-state index in [1.807, 2.05) is 6.07 Å². The van der Waals surface area contributed by atoms with Gasteiger partial charge < -0.3 is 24.5 Å². The summed E-state index contributed by atoms with van der Waals surface area (Å²) in [6, 6.07) is 1.91. The van der Waals surface area contributed by atoms with Gasteiger partial charge in [0.1, 0.15) is 18.8 Å². The molecule has 2 unspecified atom stereocenters. The molecule has 0 radical (unpaired) electrons. The van der Waals surface area contributed by atoms with E-state index in [2.05, 4.69) is 4.85 Å². The smallest absolute Gasteiger partial charge is 0.237 e. The summed E-state index contributed by atoms with van der Waals surface area (Å²) in [6.07, 6.45) is -1.11. The van der Waals surface area contributed by atoms with Gasteiger partial charge >= 0.3 is 0 Å². The number of hydrogen-bond acceptors (Lipinski definition) is 5. The molecule has 0 heterocycles. The number of ether oxygens (including phenoxy) is 2. The highest BCUT2D eigenvalue weighted by atomic mass is 16.6. The SMILES string of the molecule is [C-]#[N+]CCOC(CO)C(CO)OCCC#N. The van der Waals surface area contributed by atoms with E-state index in [1.165, 1.54) is 0 Å². The first kappa shape index (κ1) is 14.8. The van der Waals surface area contributed by atoms with Gasteiger partial charge in [0.25, 0.3) is 0 Å². The Hall–Kier alpha value is -1.18. The summed E-state index contributed by atoms with van der Waals surface area (Å²) in [5.74, 6) is 0. The van der Waals surface area contributed by atoms with Crippen LogP contribution >= 0.6 is 0 Å². The highest BCUT2D eigenvalue weighted by Crippen LogP contribution is 2.04. The molecule has 0 fully saturated rings. The first-order chi connectivity index (χ1) is 7.79. The summed E-state index contributed by atoms with van der Waals surface area (Å²) in [5.41, 5.74) is 0. The Labute approximate surface area is 94.8 Å². The lowest BCUT2D eigenvalue weighted by Crippen LogP contribution is -2.38. The number of hydrogen-bond donors (Lipinski definition) is 2. The standard InChI is InChI=1S/C10H16N2O4/c1-12-4-6-16-10(8-14)9(7-13)15-5-2-3-11/h9-10,13-14H,2,4-8H2. The summed E-state index contributed by atoms with van der Waals surface area (Å²) >= 11 is 0. The van der Waals surface area contributed by atoms with E-state index in [-0.39, 0.29) is 39.4 Å². The molecule has 0 aromatic carbocycles. The van der Waals surface area contributed by atoms with Crippen LogP contribution in [-0.4, -0.2) is 55.4 Å². The quantitative estimate of drug-likeness (QED) is 0.413. The zero-order valence-electron chi connectivity index (χ0n) is 9.00. The third-order valence-electron chi connectivity index (χ3n) is 1.86. The van der Waals surface area contributed by atoms with Crippen LogP contribution in [0.1, 0.15) is 6.42 Å². The lowest BCUT2D eigenvalue weighted by Gasteiger charge is -2.23. The fraction of sp³-hybridized carbons (Fsp3) is 0.800. The highest BCUT2D eigenvalue weighted by Gasteiger charge is 2.21.